The van der Waals surface area contributed by atoms with Crippen molar-refractivity contribution in [3.63, 3.8) is 0 Å². The summed E-state index contributed by atoms with van der Waals surface area (Å²) in [5.41, 5.74) is 0.859. The van der Waals surface area contributed by atoms with E-state index in [2.05, 4.69) is 10.00 Å². The van der Waals surface area contributed by atoms with Gasteiger partial charge in [-0.05, 0) is 44.8 Å². The number of nitrogens with zero attached hydrogens (tertiary/aromatic N) is 4. The molecule has 3 rings (SSSR count). The van der Waals surface area contributed by atoms with Crippen molar-refractivity contribution >= 4 is 5.91 Å². The minimum Gasteiger partial charge on any atom is -0.379 e. The van der Waals surface area contributed by atoms with Gasteiger partial charge in [-0.15, -0.1) is 0 Å². The monoisotopic (exact) mass is 348 g/mol. The molecule has 7 nitrogen and oxygen atoms in total. The summed E-state index contributed by atoms with van der Waals surface area (Å²) in [4.78, 5) is 28.2. The van der Waals surface area contributed by atoms with Gasteiger partial charge in [-0.1, -0.05) is 0 Å². The number of amides is 1. The van der Waals surface area contributed by atoms with Gasteiger partial charge in [-0.25, -0.2) is 4.68 Å². The molecule has 0 saturated carbocycles. The van der Waals surface area contributed by atoms with Crippen molar-refractivity contribution in [2.75, 3.05) is 45.9 Å². The van der Waals surface area contributed by atoms with Crippen LogP contribution in [0.4, 0.5) is 0 Å². The molecule has 3 heterocycles. The quantitative estimate of drug-likeness (QED) is 0.776. The van der Waals surface area contributed by atoms with Gasteiger partial charge in [0.15, 0.2) is 0 Å². The summed E-state index contributed by atoms with van der Waals surface area (Å²) in [6, 6.07) is 3.36. The third kappa shape index (κ3) is 5.12. The van der Waals surface area contributed by atoms with Gasteiger partial charge in [0, 0.05) is 32.2 Å². The molecule has 0 spiro atoms. The van der Waals surface area contributed by atoms with Crippen LogP contribution in [-0.2, 0) is 16.1 Å². The van der Waals surface area contributed by atoms with Crippen molar-refractivity contribution in [2.45, 2.75) is 32.7 Å². The smallest absolute Gasteiger partial charge is 0.266 e. The highest BCUT2D eigenvalue weighted by Gasteiger charge is 2.22. The molecule has 25 heavy (non-hydrogen) atoms. The Labute approximate surface area is 148 Å². The van der Waals surface area contributed by atoms with E-state index in [0.29, 0.717) is 38.6 Å². The van der Waals surface area contributed by atoms with Crippen LogP contribution in [0.2, 0.25) is 0 Å². The predicted octanol–water partition coefficient (Wildman–Crippen LogP) is 0.513. The number of hydrogen-bond acceptors (Lipinski definition) is 5. The molecule has 1 aromatic rings. The summed E-state index contributed by atoms with van der Waals surface area (Å²) in [5, 5.41) is 4.34. The van der Waals surface area contributed by atoms with Crippen LogP contribution in [-0.4, -0.2) is 71.4 Å². The summed E-state index contributed by atoms with van der Waals surface area (Å²) in [5.74, 6) is 0.703. The molecule has 2 fully saturated rings. The second-order valence-corrected chi connectivity index (χ2v) is 7.02. The number of aryl methyl sites for hydroxylation is 1. The first kappa shape index (κ1) is 18.1. The lowest BCUT2D eigenvalue weighted by molar-refractivity contribution is -0.130. The van der Waals surface area contributed by atoms with E-state index in [9.17, 15) is 9.59 Å². The molecule has 138 valence electrons. The third-order valence-electron chi connectivity index (χ3n) is 5.14. The Morgan fingerprint density at radius 1 is 1.12 bits per heavy atom. The Morgan fingerprint density at radius 2 is 1.92 bits per heavy atom. The van der Waals surface area contributed by atoms with Crippen molar-refractivity contribution in [3.8, 4) is 0 Å². The Kier molecular flexibility index (Phi) is 6.20. The highest BCUT2D eigenvalue weighted by molar-refractivity contribution is 5.76. The minimum absolute atomic E-state index is 0.0186. The van der Waals surface area contributed by atoms with Crippen molar-refractivity contribution in [1.29, 1.82) is 0 Å². The number of piperidine rings is 1. The average Bonchev–Trinajstić information content (AvgIpc) is 2.82. The van der Waals surface area contributed by atoms with E-state index in [1.165, 1.54) is 0 Å². The zero-order valence-electron chi connectivity index (χ0n) is 15.0. The number of rotatable bonds is 5. The van der Waals surface area contributed by atoms with Crippen LogP contribution < -0.4 is 5.56 Å². The molecular weight excluding hydrogens is 320 g/mol. The maximum atomic E-state index is 12.0. The summed E-state index contributed by atoms with van der Waals surface area (Å²) in [6.07, 6.45) is 2.64. The van der Waals surface area contributed by atoms with Crippen molar-refractivity contribution in [2.24, 2.45) is 5.92 Å². The number of carbonyl (C=O) groups excluding carboxylic acids is 1. The van der Waals surface area contributed by atoms with Gasteiger partial charge in [0.1, 0.15) is 0 Å². The van der Waals surface area contributed by atoms with Gasteiger partial charge in [-0.3, -0.25) is 9.59 Å². The van der Waals surface area contributed by atoms with E-state index in [1.807, 2.05) is 11.8 Å². The molecule has 0 aromatic carbocycles. The molecule has 0 radical (unpaired) electrons. The number of ether oxygens (including phenoxy) is 1. The first-order valence-corrected chi connectivity index (χ1v) is 9.24. The molecule has 2 aliphatic rings. The molecule has 0 N–H and O–H groups in total. The van der Waals surface area contributed by atoms with Crippen molar-refractivity contribution < 1.29 is 9.53 Å². The molecule has 0 aliphatic carbocycles. The van der Waals surface area contributed by atoms with Crippen LogP contribution in [0.5, 0.6) is 0 Å². The van der Waals surface area contributed by atoms with Gasteiger partial charge in [0.05, 0.1) is 25.3 Å². The number of carbonyl (C=O) groups is 1. The van der Waals surface area contributed by atoms with E-state index in [1.54, 1.807) is 16.8 Å². The molecule has 1 aromatic heterocycles. The van der Waals surface area contributed by atoms with E-state index in [0.717, 1.165) is 44.7 Å². The maximum Gasteiger partial charge on any atom is 0.266 e. The molecule has 7 heteroatoms. The Balaban J connectivity index is 1.43. The van der Waals surface area contributed by atoms with Gasteiger partial charge in [-0.2, -0.15) is 5.10 Å². The highest BCUT2D eigenvalue weighted by atomic mass is 16.5. The highest BCUT2D eigenvalue weighted by Crippen LogP contribution is 2.18. The fourth-order valence-corrected chi connectivity index (χ4v) is 3.54. The van der Waals surface area contributed by atoms with Gasteiger partial charge < -0.3 is 14.5 Å². The van der Waals surface area contributed by atoms with Gasteiger partial charge in [0.2, 0.25) is 5.91 Å². The van der Waals surface area contributed by atoms with Crippen LogP contribution >= 0.6 is 0 Å². The van der Waals surface area contributed by atoms with Crippen LogP contribution in [0.3, 0.4) is 0 Å². The second kappa shape index (κ2) is 8.58. The van der Waals surface area contributed by atoms with E-state index in [4.69, 9.17) is 4.74 Å². The summed E-state index contributed by atoms with van der Waals surface area (Å²) < 4.78 is 6.97. The van der Waals surface area contributed by atoms with Crippen LogP contribution in [0.25, 0.3) is 0 Å². The van der Waals surface area contributed by atoms with Crippen molar-refractivity contribution in [3.05, 3.63) is 28.2 Å². The number of likely N-dealkylation sites (tertiary alicyclic amines) is 1. The third-order valence-corrected chi connectivity index (χ3v) is 5.14. The van der Waals surface area contributed by atoms with Crippen LogP contribution in [0.15, 0.2) is 16.9 Å². The zero-order chi connectivity index (χ0) is 17.6. The summed E-state index contributed by atoms with van der Waals surface area (Å²) in [6.45, 7) is 8.25. The standard InChI is InChI=1S/C18H28N4O3/c1-15-2-3-18(24)22(19-15)14-16-4-7-20(8-5-16)9-10-21-11-13-25-12-6-17(21)23/h2-3,16H,4-14H2,1H3. The Bertz CT molecular complexity index is 637. The van der Waals surface area contributed by atoms with E-state index < -0.39 is 0 Å². The van der Waals surface area contributed by atoms with E-state index >= 15 is 0 Å². The summed E-state index contributed by atoms with van der Waals surface area (Å²) >= 11 is 0. The Morgan fingerprint density at radius 3 is 2.72 bits per heavy atom. The van der Waals surface area contributed by atoms with Gasteiger partial charge >= 0.3 is 0 Å². The first-order chi connectivity index (χ1) is 12.1. The fraction of sp³-hybridized carbons (Fsp3) is 0.722. The number of hydrogen-bond donors (Lipinski definition) is 0. The molecular formula is C18H28N4O3. The molecule has 0 bridgehead atoms. The van der Waals surface area contributed by atoms with E-state index in [-0.39, 0.29) is 11.5 Å². The average molecular weight is 348 g/mol. The Hall–Kier alpha value is -1.73. The summed E-state index contributed by atoms with van der Waals surface area (Å²) in [7, 11) is 0. The zero-order valence-corrected chi connectivity index (χ0v) is 15.0. The molecule has 0 unspecified atom stereocenters. The molecule has 0 atom stereocenters. The molecule has 2 aliphatic heterocycles. The van der Waals surface area contributed by atoms with Gasteiger partial charge in [0.25, 0.3) is 5.56 Å². The predicted molar refractivity (Wildman–Crippen MR) is 94.4 cm³/mol. The molecule has 1 amide bonds. The number of aromatic nitrogens is 2. The SMILES string of the molecule is Cc1ccc(=O)n(CC2CCN(CCN3CCOCCC3=O)CC2)n1. The largest absolute Gasteiger partial charge is 0.379 e. The normalized spacial score (nSPS) is 20.7. The van der Waals surface area contributed by atoms with Crippen molar-refractivity contribution in [1.82, 2.24) is 19.6 Å². The second-order valence-electron chi connectivity index (χ2n) is 7.02. The fourth-order valence-electron chi connectivity index (χ4n) is 3.54. The minimum atomic E-state index is -0.0186. The topological polar surface area (TPSA) is 67.7 Å². The lowest BCUT2D eigenvalue weighted by Gasteiger charge is -2.33. The lowest BCUT2D eigenvalue weighted by Crippen LogP contribution is -2.42. The van der Waals surface area contributed by atoms with Crippen LogP contribution in [0, 0.1) is 12.8 Å². The van der Waals surface area contributed by atoms with Crippen LogP contribution in [0.1, 0.15) is 25.0 Å². The lowest BCUT2D eigenvalue weighted by atomic mass is 9.97. The maximum absolute atomic E-state index is 12.0. The first-order valence-electron chi connectivity index (χ1n) is 9.24. The molecule has 2 saturated heterocycles.